The van der Waals surface area contributed by atoms with Crippen molar-refractivity contribution in [3.8, 4) is 17.2 Å². The molecular weight excluding hydrogens is 515 g/mol. The van der Waals surface area contributed by atoms with Gasteiger partial charge in [0.2, 0.25) is 0 Å². The number of phenols is 1. The molecular formula is C18H18BrIN2O4. The summed E-state index contributed by atoms with van der Waals surface area (Å²) >= 11 is 5.43. The summed E-state index contributed by atoms with van der Waals surface area (Å²) in [6, 6.07) is 7.25. The summed E-state index contributed by atoms with van der Waals surface area (Å²) < 4.78 is 12.1. The van der Waals surface area contributed by atoms with Gasteiger partial charge in [-0.2, -0.15) is 5.10 Å². The van der Waals surface area contributed by atoms with Crippen molar-refractivity contribution >= 4 is 50.6 Å². The highest BCUT2D eigenvalue weighted by Crippen LogP contribution is 2.32. The molecule has 0 fully saturated rings. The van der Waals surface area contributed by atoms with Gasteiger partial charge in [-0.05, 0) is 87.3 Å². The van der Waals surface area contributed by atoms with Gasteiger partial charge in [0.05, 0.1) is 21.4 Å². The Labute approximate surface area is 173 Å². The maximum atomic E-state index is 11.9. The minimum Gasteiger partial charge on any atom is -0.504 e. The summed E-state index contributed by atoms with van der Waals surface area (Å²) in [7, 11) is 1.47. The molecule has 0 bridgehead atoms. The van der Waals surface area contributed by atoms with Crippen LogP contribution in [0.2, 0.25) is 0 Å². The molecule has 6 nitrogen and oxygen atoms in total. The first kappa shape index (κ1) is 20.5. The summed E-state index contributed by atoms with van der Waals surface area (Å²) in [5, 5.41) is 13.7. The van der Waals surface area contributed by atoms with E-state index in [1.54, 1.807) is 12.1 Å². The Kier molecular flexibility index (Phi) is 7.27. The number of nitrogens with one attached hydrogen (secondary N) is 1. The van der Waals surface area contributed by atoms with Crippen molar-refractivity contribution in [1.82, 2.24) is 5.43 Å². The fraction of sp³-hybridized carbons (Fsp3) is 0.222. The van der Waals surface area contributed by atoms with Gasteiger partial charge in [0.25, 0.3) is 5.91 Å². The van der Waals surface area contributed by atoms with Crippen molar-refractivity contribution < 1.29 is 19.4 Å². The summed E-state index contributed by atoms with van der Waals surface area (Å²) in [4.78, 5) is 11.9. The molecule has 138 valence electrons. The second-order valence-corrected chi connectivity index (χ2v) is 7.54. The second-order valence-electron chi connectivity index (χ2n) is 5.53. The van der Waals surface area contributed by atoms with Gasteiger partial charge >= 0.3 is 0 Å². The Morgan fingerprint density at radius 2 is 2.08 bits per heavy atom. The first-order chi connectivity index (χ1) is 12.3. The molecule has 0 atom stereocenters. The number of methoxy groups -OCH3 is 1. The zero-order valence-electron chi connectivity index (χ0n) is 14.5. The van der Waals surface area contributed by atoms with Crippen molar-refractivity contribution in [3.63, 3.8) is 0 Å². The second kappa shape index (κ2) is 9.22. The largest absolute Gasteiger partial charge is 0.504 e. The predicted molar refractivity (Wildman–Crippen MR) is 112 cm³/mol. The minimum absolute atomic E-state index is 0.0710. The van der Waals surface area contributed by atoms with Gasteiger partial charge in [-0.3, -0.25) is 4.79 Å². The number of nitrogens with zero attached hydrogens (tertiary/aromatic N) is 1. The lowest BCUT2D eigenvalue weighted by molar-refractivity contribution is -0.123. The number of carbonyl (C=O) groups is 1. The van der Waals surface area contributed by atoms with E-state index in [1.807, 2.05) is 48.6 Å². The Morgan fingerprint density at radius 3 is 2.73 bits per heavy atom. The van der Waals surface area contributed by atoms with Crippen molar-refractivity contribution in [1.29, 1.82) is 0 Å². The van der Waals surface area contributed by atoms with E-state index in [4.69, 9.17) is 9.47 Å². The maximum Gasteiger partial charge on any atom is 0.277 e. The van der Waals surface area contributed by atoms with Crippen LogP contribution in [-0.2, 0) is 4.79 Å². The zero-order valence-corrected chi connectivity index (χ0v) is 18.2. The van der Waals surface area contributed by atoms with Crippen LogP contribution < -0.4 is 14.9 Å². The number of ether oxygens (including phenoxy) is 2. The number of benzene rings is 2. The van der Waals surface area contributed by atoms with Crippen LogP contribution in [0.4, 0.5) is 0 Å². The molecule has 0 radical (unpaired) electrons. The summed E-state index contributed by atoms with van der Waals surface area (Å²) in [5.41, 5.74) is 5.14. The highest BCUT2D eigenvalue weighted by Gasteiger charge is 2.10. The summed E-state index contributed by atoms with van der Waals surface area (Å²) in [5.74, 6) is 0.663. The average molecular weight is 533 g/mol. The third-order valence-electron chi connectivity index (χ3n) is 3.39. The molecule has 0 saturated heterocycles. The smallest absolute Gasteiger partial charge is 0.277 e. The monoisotopic (exact) mass is 532 g/mol. The van der Waals surface area contributed by atoms with E-state index in [-0.39, 0.29) is 18.3 Å². The molecule has 0 aliphatic rings. The summed E-state index contributed by atoms with van der Waals surface area (Å²) in [6.07, 6.45) is 1.47. The molecule has 8 heteroatoms. The lowest BCUT2D eigenvalue weighted by atomic mass is 10.1. The van der Waals surface area contributed by atoms with Crippen molar-refractivity contribution in [2.24, 2.45) is 5.10 Å². The third-order valence-corrected chi connectivity index (χ3v) is 4.81. The van der Waals surface area contributed by atoms with E-state index < -0.39 is 0 Å². The lowest BCUT2D eigenvalue weighted by Gasteiger charge is -2.11. The first-order valence-electron chi connectivity index (χ1n) is 7.59. The Morgan fingerprint density at radius 1 is 1.35 bits per heavy atom. The van der Waals surface area contributed by atoms with E-state index in [0.29, 0.717) is 20.6 Å². The zero-order chi connectivity index (χ0) is 19.3. The number of phenolic OH excluding ortho intramolecular Hbond substituents is 1. The molecule has 0 aliphatic carbocycles. The van der Waals surface area contributed by atoms with E-state index in [1.165, 1.54) is 13.3 Å². The van der Waals surface area contributed by atoms with E-state index in [0.717, 1.165) is 15.6 Å². The van der Waals surface area contributed by atoms with E-state index >= 15 is 0 Å². The number of aryl methyl sites for hydroxylation is 2. The molecule has 2 aromatic rings. The van der Waals surface area contributed by atoms with Crippen molar-refractivity contribution in [2.75, 3.05) is 13.7 Å². The van der Waals surface area contributed by atoms with Crippen LogP contribution in [0.3, 0.4) is 0 Å². The number of hydrogen-bond donors (Lipinski definition) is 2. The topological polar surface area (TPSA) is 80.2 Å². The van der Waals surface area contributed by atoms with Gasteiger partial charge in [-0.15, -0.1) is 0 Å². The number of carbonyl (C=O) groups excluding carboxylic acids is 1. The summed E-state index contributed by atoms with van der Waals surface area (Å²) in [6.45, 7) is 3.75. The molecule has 0 aliphatic heterocycles. The van der Waals surface area contributed by atoms with Crippen LogP contribution in [0, 0.1) is 17.4 Å². The number of rotatable bonds is 6. The standard InChI is InChI=1S/C18H18BrIN2O4/c1-10-4-11(2)18(13(19)5-10)26-9-16(23)22-21-8-12-6-14(20)17(24)15(7-12)25-3/h4-8,24H,9H2,1-3H3,(H,22,23). The van der Waals surface area contributed by atoms with E-state index in [2.05, 4.69) is 26.5 Å². The number of halogens is 2. The van der Waals surface area contributed by atoms with Gasteiger partial charge in [-0.25, -0.2) is 5.43 Å². The van der Waals surface area contributed by atoms with Gasteiger partial charge in [0.1, 0.15) is 5.75 Å². The number of amides is 1. The third kappa shape index (κ3) is 5.34. The van der Waals surface area contributed by atoms with Gasteiger partial charge in [-0.1, -0.05) is 6.07 Å². The van der Waals surface area contributed by atoms with Crippen LogP contribution in [0.25, 0.3) is 0 Å². The molecule has 0 unspecified atom stereocenters. The predicted octanol–water partition coefficient (Wildman–Crippen LogP) is 3.91. The fourth-order valence-electron chi connectivity index (χ4n) is 2.26. The van der Waals surface area contributed by atoms with Crippen LogP contribution >= 0.6 is 38.5 Å². The Hall–Kier alpha value is -1.81. The molecule has 2 aromatic carbocycles. The molecule has 0 spiro atoms. The molecule has 2 N–H and O–H groups in total. The number of aromatic hydroxyl groups is 1. The molecule has 0 heterocycles. The Bertz CT molecular complexity index is 832. The molecule has 0 aromatic heterocycles. The first-order valence-corrected chi connectivity index (χ1v) is 9.47. The van der Waals surface area contributed by atoms with Crippen molar-refractivity contribution in [3.05, 3.63) is 49.0 Å². The highest BCUT2D eigenvalue weighted by molar-refractivity contribution is 14.1. The van der Waals surface area contributed by atoms with Crippen LogP contribution in [0.15, 0.2) is 33.8 Å². The van der Waals surface area contributed by atoms with Gasteiger partial charge in [0.15, 0.2) is 18.1 Å². The molecule has 26 heavy (non-hydrogen) atoms. The van der Waals surface area contributed by atoms with Crippen molar-refractivity contribution in [2.45, 2.75) is 13.8 Å². The molecule has 2 rings (SSSR count). The van der Waals surface area contributed by atoms with E-state index in [9.17, 15) is 9.90 Å². The SMILES string of the molecule is COc1cc(C=NNC(=O)COc2c(C)cc(C)cc2Br)cc(I)c1O. The molecule has 1 amide bonds. The lowest BCUT2D eigenvalue weighted by Crippen LogP contribution is -2.24. The number of hydrogen-bond acceptors (Lipinski definition) is 5. The molecule has 0 saturated carbocycles. The normalized spacial score (nSPS) is 10.8. The number of hydrazone groups is 1. The highest BCUT2D eigenvalue weighted by atomic mass is 127. The maximum absolute atomic E-state index is 11.9. The van der Waals surface area contributed by atoms with Crippen LogP contribution in [0.1, 0.15) is 16.7 Å². The van der Waals surface area contributed by atoms with Gasteiger partial charge < -0.3 is 14.6 Å². The fourth-order valence-corrected chi connectivity index (χ4v) is 3.67. The van der Waals surface area contributed by atoms with Gasteiger partial charge in [0, 0.05) is 0 Å². The Balaban J connectivity index is 1.95. The van der Waals surface area contributed by atoms with Crippen LogP contribution in [-0.4, -0.2) is 30.9 Å². The quantitative estimate of drug-likeness (QED) is 0.336. The average Bonchev–Trinajstić information content (AvgIpc) is 2.56. The minimum atomic E-state index is -0.381. The van der Waals surface area contributed by atoms with Crippen LogP contribution in [0.5, 0.6) is 17.2 Å².